The van der Waals surface area contributed by atoms with Gasteiger partial charge in [-0.15, -0.1) is 24.0 Å². The number of halogens is 1. The Morgan fingerprint density at radius 3 is 2.47 bits per heavy atom. The van der Waals surface area contributed by atoms with Crippen LogP contribution in [0.4, 0.5) is 0 Å². The highest BCUT2D eigenvalue weighted by molar-refractivity contribution is 14.0. The second kappa shape index (κ2) is 12.3. The second-order valence-electron chi connectivity index (χ2n) is 7.87. The highest BCUT2D eigenvalue weighted by Crippen LogP contribution is 2.14. The highest BCUT2D eigenvalue weighted by Gasteiger charge is 2.30. The van der Waals surface area contributed by atoms with Gasteiger partial charge in [0.1, 0.15) is 12.4 Å². The molecule has 0 bridgehead atoms. The number of likely N-dealkylation sites (tertiary alicyclic amines) is 1. The molecule has 1 N–H and O–H groups in total. The molecule has 8 heteroatoms. The third kappa shape index (κ3) is 6.73. The maximum atomic E-state index is 12.6. The van der Waals surface area contributed by atoms with Gasteiger partial charge in [0.15, 0.2) is 5.96 Å². The molecular formula is C22H36IN5O2. The molecule has 0 aliphatic carbocycles. The van der Waals surface area contributed by atoms with Crippen LogP contribution in [0.2, 0.25) is 0 Å². The Morgan fingerprint density at radius 2 is 1.83 bits per heavy atom. The number of aliphatic imine (C=N–C) groups is 1. The lowest BCUT2D eigenvalue weighted by atomic mass is 10.2. The van der Waals surface area contributed by atoms with E-state index in [0.29, 0.717) is 13.2 Å². The third-order valence-corrected chi connectivity index (χ3v) is 5.79. The summed E-state index contributed by atoms with van der Waals surface area (Å²) in [6, 6.07) is 8.05. The van der Waals surface area contributed by atoms with E-state index in [9.17, 15) is 4.79 Å². The predicted molar refractivity (Wildman–Crippen MR) is 132 cm³/mol. The van der Waals surface area contributed by atoms with E-state index in [0.717, 1.165) is 63.8 Å². The van der Waals surface area contributed by atoms with Crippen molar-refractivity contribution in [3.8, 4) is 5.75 Å². The van der Waals surface area contributed by atoms with E-state index in [-0.39, 0.29) is 35.9 Å². The molecule has 0 aromatic heterocycles. The van der Waals surface area contributed by atoms with Gasteiger partial charge in [-0.05, 0) is 44.4 Å². The molecule has 2 fully saturated rings. The zero-order valence-electron chi connectivity index (χ0n) is 18.5. The number of amides is 1. The minimum Gasteiger partial charge on any atom is -0.492 e. The number of hydrogen-bond donors (Lipinski definition) is 1. The third-order valence-electron chi connectivity index (χ3n) is 5.79. The number of carbonyl (C=O) groups is 1. The Balaban J connectivity index is 0.00000320. The normalized spacial score (nSPS) is 18.7. The van der Waals surface area contributed by atoms with E-state index in [4.69, 9.17) is 4.74 Å². The summed E-state index contributed by atoms with van der Waals surface area (Å²) in [6.45, 7) is 10.7. The van der Waals surface area contributed by atoms with E-state index >= 15 is 0 Å². The summed E-state index contributed by atoms with van der Waals surface area (Å²) in [5, 5.41) is 3.39. The number of piperazine rings is 1. The van der Waals surface area contributed by atoms with Gasteiger partial charge in [0.2, 0.25) is 5.91 Å². The molecule has 2 aliphatic rings. The predicted octanol–water partition coefficient (Wildman–Crippen LogP) is 2.20. The SMILES string of the molecule is CN=C(NCCOc1cccc(C)c1)N1CCN(C(C)C(=O)N2CCCC2)CC1.I. The monoisotopic (exact) mass is 529 g/mol. The lowest BCUT2D eigenvalue weighted by molar-refractivity contribution is -0.135. The molecule has 0 saturated carbocycles. The number of nitrogens with zero attached hydrogens (tertiary/aromatic N) is 4. The van der Waals surface area contributed by atoms with Crippen LogP contribution in [0.25, 0.3) is 0 Å². The van der Waals surface area contributed by atoms with Gasteiger partial charge in [-0.3, -0.25) is 14.7 Å². The van der Waals surface area contributed by atoms with Crippen LogP contribution in [0.1, 0.15) is 25.3 Å². The molecule has 1 unspecified atom stereocenters. The van der Waals surface area contributed by atoms with Crippen LogP contribution < -0.4 is 10.1 Å². The summed E-state index contributed by atoms with van der Waals surface area (Å²) in [7, 11) is 1.82. The van der Waals surface area contributed by atoms with Crippen molar-refractivity contribution in [3.63, 3.8) is 0 Å². The average molecular weight is 529 g/mol. The maximum Gasteiger partial charge on any atom is 0.239 e. The van der Waals surface area contributed by atoms with Crippen molar-refractivity contribution < 1.29 is 9.53 Å². The number of hydrogen-bond acceptors (Lipinski definition) is 4. The van der Waals surface area contributed by atoms with E-state index in [2.05, 4.69) is 33.1 Å². The van der Waals surface area contributed by atoms with E-state index in [1.165, 1.54) is 5.56 Å². The number of aryl methyl sites for hydroxylation is 1. The summed E-state index contributed by atoms with van der Waals surface area (Å²) >= 11 is 0. The summed E-state index contributed by atoms with van der Waals surface area (Å²) in [5.41, 5.74) is 1.20. The van der Waals surface area contributed by atoms with Gasteiger partial charge in [0.25, 0.3) is 0 Å². The molecular weight excluding hydrogens is 493 g/mol. The standard InChI is InChI=1S/C22H35N5O2.HI/c1-18-7-6-8-20(17-18)29-16-9-24-22(23-3)27-14-12-25(13-15-27)19(2)21(28)26-10-4-5-11-26;/h6-8,17,19H,4-5,9-16H2,1-3H3,(H,23,24);1H. The van der Waals surface area contributed by atoms with Crippen molar-refractivity contribution >= 4 is 35.8 Å². The largest absolute Gasteiger partial charge is 0.492 e. The van der Waals surface area contributed by atoms with Crippen molar-refractivity contribution in [1.29, 1.82) is 0 Å². The first-order valence-electron chi connectivity index (χ1n) is 10.8. The lowest BCUT2D eigenvalue weighted by Crippen LogP contribution is -2.57. The first-order valence-corrected chi connectivity index (χ1v) is 10.8. The Hall–Kier alpha value is -1.55. The molecule has 168 valence electrons. The minimum absolute atomic E-state index is 0. The topological polar surface area (TPSA) is 60.4 Å². The zero-order chi connectivity index (χ0) is 20.6. The van der Waals surface area contributed by atoms with Crippen molar-refractivity contribution in [2.24, 2.45) is 4.99 Å². The molecule has 1 amide bonds. The second-order valence-corrected chi connectivity index (χ2v) is 7.87. The molecule has 0 radical (unpaired) electrons. The molecule has 1 aromatic carbocycles. The quantitative estimate of drug-likeness (QED) is 0.265. The molecule has 2 aliphatic heterocycles. The van der Waals surface area contributed by atoms with Crippen molar-refractivity contribution in [2.45, 2.75) is 32.7 Å². The number of carbonyl (C=O) groups excluding carboxylic acids is 1. The van der Waals surface area contributed by atoms with Gasteiger partial charge in [0, 0.05) is 46.3 Å². The zero-order valence-corrected chi connectivity index (χ0v) is 20.8. The van der Waals surface area contributed by atoms with Crippen LogP contribution in [0, 0.1) is 6.92 Å². The average Bonchev–Trinajstić information content (AvgIpc) is 3.28. The molecule has 2 heterocycles. The van der Waals surface area contributed by atoms with Crippen molar-refractivity contribution in [1.82, 2.24) is 20.0 Å². The summed E-state index contributed by atoms with van der Waals surface area (Å²) in [6.07, 6.45) is 2.28. The number of nitrogens with one attached hydrogen (secondary N) is 1. The van der Waals surface area contributed by atoms with Crippen LogP contribution in [0.5, 0.6) is 5.75 Å². The highest BCUT2D eigenvalue weighted by atomic mass is 127. The van der Waals surface area contributed by atoms with Crippen LogP contribution in [0.3, 0.4) is 0 Å². The molecule has 1 aromatic rings. The molecule has 3 rings (SSSR count). The lowest BCUT2D eigenvalue weighted by Gasteiger charge is -2.39. The Morgan fingerprint density at radius 1 is 1.13 bits per heavy atom. The Kier molecular flexibility index (Phi) is 10.2. The Bertz CT molecular complexity index is 701. The summed E-state index contributed by atoms with van der Waals surface area (Å²) in [4.78, 5) is 23.6. The minimum atomic E-state index is -0.0343. The Labute approximate surface area is 197 Å². The number of guanidine groups is 1. The van der Waals surface area contributed by atoms with Crippen LogP contribution >= 0.6 is 24.0 Å². The van der Waals surface area contributed by atoms with Crippen molar-refractivity contribution in [3.05, 3.63) is 29.8 Å². The summed E-state index contributed by atoms with van der Waals surface area (Å²) in [5.74, 6) is 2.08. The fraction of sp³-hybridized carbons (Fsp3) is 0.636. The fourth-order valence-electron chi connectivity index (χ4n) is 4.05. The first-order chi connectivity index (χ1) is 14.1. The molecule has 2 saturated heterocycles. The molecule has 1 atom stereocenters. The van der Waals surface area contributed by atoms with Crippen LogP contribution in [-0.4, -0.2) is 92.1 Å². The fourth-order valence-corrected chi connectivity index (χ4v) is 4.05. The van der Waals surface area contributed by atoms with Gasteiger partial charge < -0.3 is 19.9 Å². The van der Waals surface area contributed by atoms with Crippen molar-refractivity contribution in [2.75, 3.05) is 59.5 Å². The van der Waals surface area contributed by atoms with Gasteiger partial charge in [0.05, 0.1) is 12.6 Å². The van der Waals surface area contributed by atoms with Gasteiger partial charge in [-0.2, -0.15) is 0 Å². The van der Waals surface area contributed by atoms with Gasteiger partial charge >= 0.3 is 0 Å². The van der Waals surface area contributed by atoms with E-state index in [1.54, 1.807) is 0 Å². The van der Waals surface area contributed by atoms with E-state index < -0.39 is 0 Å². The van der Waals surface area contributed by atoms with Gasteiger partial charge in [-0.25, -0.2) is 0 Å². The first kappa shape index (κ1) is 24.7. The molecule has 0 spiro atoms. The number of rotatable bonds is 6. The molecule has 30 heavy (non-hydrogen) atoms. The smallest absolute Gasteiger partial charge is 0.239 e. The van der Waals surface area contributed by atoms with E-state index in [1.807, 2.05) is 37.1 Å². The summed E-state index contributed by atoms with van der Waals surface area (Å²) < 4.78 is 5.81. The van der Waals surface area contributed by atoms with Gasteiger partial charge in [-0.1, -0.05) is 12.1 Å². The number of ether oxygens (including phenoxy) is 1. The number of benzene rings is 1. The van der Waals surface area contributed by atoms with Crippen LogP contribution in [-0.2, 0) is 4.79 Å². The maximum absolute atomic E-state index is 12.6. The molecule has 7 nitrogen and oxygen atoms in total. The van der Waals surface area contributed by atoms with Crippen LogP contribution in [0.15, 0.2) is 29.3 Å².